The van der Waals surface area contributed by atoms with Gasteiger partial charge in [0.25, 0.3) is 0 Å². The molecule has 1 fully saturated rings. The molecule has 0 saturated carbocycles. The summed E-state index contributed by atoms with van der Waals surface area (Å²) < 4.78 is 4.47. The average Bonchev–Trinajstić information content (AvgIpc) is 2.30. The van der Waals surface area contributed by atoms with Gasteiger partial charge < -0.3 is 14.7 Å². The maximum atomic E-state index is 11.8. The molecule has 92 valence electrons. The van der Waals surface area contributed by atoms with Gasteiger partial charge in [0, 0.05) is 19.2 Å². The summed E-state index contributed by atoms with van der Waals surface area (Å²) in [7, 11) is 1.27. The maximum absolute atomic E-state index is 11.8. The van der Waals surface area contributed by atoms with Crippen molar-refractivity contribution in [3.05, 3.63) is 0 Å². The van der Waals surface area contributed by atoms with Gasteiger partial charge in [0.1, 0.15) is 6.42 Å². The minimum absolute atomic E-state index is 0.0761. The predicted octanol–water partition coefficient (Wildman–Crippen LogP) is 0.313. The molecule has 1 aliphatic rings. The number of aliphatic hydroxyl groups excluding tert-OH is 1. The Hall–Kier alpha value is -1.10. The summed E-state index contributed by atoms with van der Waals surface area (Å²) in [6.07, 6.45) is 3.35. The molecule has 5 heteroatoms. The number of esters is 1. The molecule has 0 radical (unpaired) electrons. The zero-order valence-corrected chi connectivity index (χ0v) is 9.65. The lowest BCUT2D eigenvalue weighted by Gasteiger charge is -2.35. The molecule has 1 saturated heterocycles. The summed E-state index contributed by atoms with van der Waals surface area (Å²) in [6.45, 7) is 0.757. The van der Waals surface area contributed by atoms with Crippen molar-refractivity contribution < 1.29 is 19.4 Å². The first kappa shape index (κ1) is 13.0. The number of nitrogens with zero attached hydrogens (tertiary/aromatic N) is 1. The van der Waals surface area contributed by atoms with Gasteiger partial charge in [0.15, 0.2) is 0 Å². The summed E-state index contributed by atoms with van der Waals surface area (Å²) in [6, 6.07) is 0.0795. The van der Waals surface area contributed by atoms with Crippen LogP contribution in [0.15, 0.2) is 0 Å². The smallest absolute Gasteiger partial charge is 0.315 e. The number of hydrogen-bond acceptors (Lipinski definition) is 4. The Bertz CT molecular complexity index is 252. The number of aliphatic hydroxyl groups is 1. The minimum atomic E-state index is -0.502. The molecule has 1 unspecified atom stereocenters. The second-order valence-electron chi connectivity index (χ2n) is 4.00. The molecule has 16 heavy (non-hydrogen) atoms. The van der Waals surface area contributed by atoms with Gasteiger partial charge in [-0.1, -0.05) is 0 Å². The number of amides is 1. The Balaban J connectivity index is 2.53. The summed E-state index contributed by atoms with van der Waals surface area (Å²) in [5, 5.41) is 8.92. The fourth-order valence-electron chi connectivity index (χ4n) is 2.08. The Morgan fingerprint density at radius 2 is 2.19 bits per heavy atom. The molecule has 5 nitrogen and oxygen atoms in total. The van der Waals surface area contributed by atoms with Gasteiger partial charge in [-0.3, -0.25) is 9.59 Å². The summed E-state index contributed by atoms with van der Waals surface area (Å²) >= 11 is 0. The molecular weight excluding hydrogens is 210 g/mol. The molecule has 0 bridgehead atoms. The van der Waals surface area contributed by atoms with Gasteiger partial charge in [-0.05, 0) is 25.7 Å². The molecule has 0 aromatic heterocycles. The van der Waals surface area contributed by atoms with Crippen molar-refractivity contribution in [2.45, 2.75) is 38.1 Å². The van der Waals surface area contributed by atoms with Crippen LogP contribution in [-0.4, -0.2) is 48.2 Å². The second kappa shape index (κ2) is 6.48. The SMILES string of the molecule is COC(=O)CC(=O)N1CCCCC1CCO. The third kappa shape index (κ3) is 3.48. The van der Waals surface area contributed by atoms with Crippen molar-refractivity contribution in [3.8, 4) is 0 Å². The first-order valence-electron chi connectivity index (χ1n) is 5.66. The minimum Gasteiger partial charge on any atom is -0.469 e. The molecule has 0 aromatic rings. The van der Waals surface area contributed by atoms with Crippen LogP contribution in [-0.2, 0) is 14.3 Å². The number of ether oxygens (including phenoxy) is 1. The van der Waals surface area contributed by atoms with E-state index in [1.54, 1.807) is 4.90 Å². The molecular formula is C11H19NO4. The summed E-state index contributed by atoms with van der Waals surface area (Å²) in [5.41, 5.74) is 0. The van der Waals surface area contributed by atoms with Crippen LogP contribution >= 0.6 is 0 Å². The molecule has 1 amide bonds. The predicted molar refractivity (Wildman–Crippen MR) is 57.7 cm³/mol. The number of rotatable bonds is 4. The number of carbonyl (C=O) groups excluding carboxylic acids is 2. The molecule has 0 spiro atoms. The third-order valence-electron chi connectivity index (χ3n) is 2.93. The van der Waals surface area contributed by atoms with E-state index in [1.165, 1.54) is 7.11 Å². The molecule has 1 N–H and O–H groups in total. The van der Waals surface area contributed by atoms with Crippen LogP contribution < -0.4 is 0 Å². The van der Waals surface area contributed by atoms with Crippen molar-refractivity contribution in [2.24, 2.45) is 0 Å². The zero-order valence-electron chi connectivity index (χ0n) is 9.65. The highest BCUT2D eigenvalue weighted by Gasteiger charge is 2.27. The molecule has 1 atom stereocenters. The highest BCUT2D eigenvalue weighted by atomic mass is 16.5. The van der Waals surface area contributed by atoms with E-state index in [1.807, 2.05) is 0 Å². The van der Waals surface area contributed by atoms with Gasteiger partial charge in [-0.15, -0.1) is 0 Å². The normalized spacial score (nSPS) is 20.6. The molecule has 1 rings (SSSR count). The van der Waals surface area contributed by atoms with Crippen LogP contribution in [0.3, 0.4) is 0 Å². The van der Waals surface area contributed by atoms with E-state index in [0.717, 1.165) is 19.3 Å². The van der Waals surface area contributed by atoms with Crippen LogP contribution in [0.25, 0.3) is 0 Å². The fourth-order valence-corrected chi connectivity index (χ4v) is 2.08. The topological polar surface area (TPSA) is 66.8 Å². The van der Waals surface area contributed by atoms with Gasteiger partial charge in [0.2, 0.25) is 5.91 Å². The number of carbonyl (C=O) groups is 2. The Kier molecular flexibility index (Phi) is 5.25. The Labute approximate surface area is 95.4 Å². The monoisotopic (exact) mass is 229 g/mol. The fraction of sp³-hybridized carbons (Fsp3) is 0.818. The van der Waals surface area contributed by atoms with Crippen molar-refractivity contribution in [2.75, 3.05) is 20.3 Å². The standard InChI is InChI=1S/C11H19NO4/c1-16-11(15)8-10(14)12-6-3-2-4-9(12)5-7-13/h9,13H,2-8H2,1H3. The van der Waals surface area contributed by atoms with Gasteiger partial charge in [0.05, 0.1) is 7.11 Å². The first-order valence-corrected chi connectivity index (χ1v) is 5.66. The second-order valence-corrected chi connectivity index (χ2v) is 4.00. The summed E-state index contributed by atoms with van der Waals surface area (Å²) in [5.74, 6) is -0.691. The average molecular weight is 229 g/mol. The van der Waals surface area contributed by atoms with Crippen LogP contribution in [0.5, 0.6) is 0 Å². The highest BCUT2D eigenvalue weighted by Crippen LogP contribution is 2.20. The zero-order chi connectivity index (χ0) is 12.0. The van der Waals surface area contributed by atoms with Gasteiger partial charge in [-0.25, -0.2) is 0 Å². The van der Waals surface area contributed by atoms with E-state index in [0.29, 0.717) is 13.0 Å². The van der Waals surface area contributed by atoms with Gasteiger partial charge >= 0.3 is 5.97 Å². The van der Waals surface area contributed by atoms with Gasteiger partial charge in [-0.2, -0.15) is 0 Å². The van der Waals surface area contributed by atoms with Crippen LogP contribution in [0.1, 0.15) is 32.1 Å². The van der Waals surface area contributed by atoms with Crippen molar-refractivity contribution >= 4 is 11.9 Å². The molecule has 0 aliphatic carbocycles. The highest BCUT2D eigenvalue weighted by molar-refractivity contribution is 5.94. The van der Waals surface area contributed by atoms with Crippen LogP contribution in [0.4, 0.5) is 0 Å². The molecule has 1 heterocycles. The van der Waals surface area contributed by atoms with E-state index in [-0.39, 0.29) is 25.0 Å². The van der Waals surface area contributed by atoms with Crippen LogP contribution in [0, 0.1) is 0 Å². The molecule has 1 aliphatic heterocycles. The van der Waals surface area contributed by atoms with E-state index in [9.17, 15) is 9.59 Å². The van der Waals surface area contributed by atoms with E-state index >= 15 is 0 Å². The Morgan fingerprint density at radius 1 is 1.44 bits per heavy atom. The maximum Gasteiger partial charge on any atom is 0.315 e. The van der Waals surface area contributed by atoms with E-state index < -0.39 is 5.97 Å². The lowest BCUT2D eigenvalue weighted by Crippen LogP contribution is -2.44. The molecule has 0 aromatic carbocycles. The lowest BCUT2D eigenvalue weighted by atomic mass is 9.99. The largest absolute Gasteiger partial charge is 0.469 e. The van der Waals surface area contributed by atoms with E-state index in [4.69, 9.17) is 5.11 Å². The van der Waals surface area contributed by atoms with Crippen LogP contribution in [0.2, 0.25) is 0 Å². The summed E-state index contributed by atoms with van der Waals surface area (Å²) in [4.78, 5) is 24.5. The number of likely N-dealkylation sites (tertiary alicyclic amines) is 1. The third-order valence-corrected chi connectivity index (χ3v) is 2.93. The Morgan fingerprint density at radius 3 is 2.81 bits per heavy atom. The van der Waals surface area contributed by atoms with Crippen molar-refractivity contribution in [1.82, 2.24) is 4.90 Å². The van der Waals surface area contributed by atoms with Crippen molar-refractivity contribution in [3.63, 3.8) is 0 Å². The van der Waals surface area contributed by atoms with Crippen molar-refractivity contribution in [1.29, 1.82) is 0 Å². The number of hydrogen-bond donors (Lipinski definition) is 1. The van der Waals surface area contributed by atoms with E-state index in [2.05, 4.69) is 4.74 Å². The first-order chi connectivity index (χ1) is 7.69. The number of methoxy groups -OCH3 is 1. The quantitative estimate of drug-likeness (QED) is 0.556. The lowest BCUT2D eigenvalue weighted by molar-refractivity contribution is -0.148. The number of piperidine rings is 1.